The van der Waals surface area contributed by atoms with Gasteiger partial charge in [0.1, 0.15) is 17.0 Å². The Morgan fingerprint density at radius 2 is 2.00 bits per heavy atom. The average Bonchev–Trinajstić information content (AvgIpc) is 2.70. The van der Waals surface area contributed by atoms with Crippen LogP contribution in [0.3, 0.4) is 0 Å². The molecule has 20 heavy (non-hydrogen) atoms. The molecular formula is C13H11BrN2O4. The lowest BCUT2D eigenvalue weighted by molar-refractivity contribution is 0.0693. The van der Waals surface area contributed by atoms with Gasteiger partial charge in [0.05, 0.1) is 0 Å². The average molecular weight is 339 g/mol. The Kier molecular flexibility index (Phi) is 3.80. The summed E-state index contributed by atoms with van der Waals surface area (Å²) in [6.07, 6.45) is 1.73. The smallest absolute Gasteiger partial charge is 0.339 e. The summed E-state index contributed by atoms with van der Waals surface area (Å²) in [5, 5.41) is 20.9. The molecule has 1 aromatic heterocycles. The first-order valence-corrected chi connectivity index (χ1v) is 6.37. The SMILES string of the molecule is Cn1cc(Br)cc1C(=O)Nc1ccc(O)c(C(=O)O)c1. The van der Waals surface area contributed by atoms with Crippen LogP contribution in [0.15, 0.2) is 34.9 Å². The van der Waals surface area contributed by atoms with Crippen LogP contribution in [0, 0.1) is 0 Å². The Bertz CT molecular complexity index is 694. The van der Waals surface area contributed by atoms with Crippen molar-refractivity contribution in [3.05, 3.63) is 46.2 Å². The van der Waals surface area contributed by atoms with Crippen molar-refractivity contribution in [1.29, 1.82) is 0 Å². The number of aromatic hydroxyl groups is 1. The highest BCUT2D eigenvalue weighted by molar-refractivity contribution is 9.10. The van der Waals surface area contributed by atoms with Crippen LogP contribution in [-0.4, -0.2) is 26.7 Å². The summed E-state index contributed by atoms with van der Waals surface area (Å²) < 4.78 is 2.40. The highest BCUT2D eigenvalue weighted by Gasteiger charge is 2.14. The van der Waals surface area contributed by atoms with E-state index in [1.54, 1.807) is 23.9 Å². The van der Waals surface area contributed by atoms with E-state index in [1.165, 1.54) is 18.2 Å². The van der Waals surface area contributed by atoms with E-state index in [1.807, 2.05) is 0 Å². The standard InChI is InChI=1S/C13H11BrN2O4/c1-16-6-7(14)4-10(16)12(18)15-8-2-3-11(17)9(5-8)13(19)20/h2-6,17H,1H3,(H,15,18)(H,19,20). The molecule has 0 fully saturated rings. The molecule has 0 bridgehead atoms. The van der Waals surface area contributed by atoms with Gasteiger partial charge < -0.3 is 20.1 Å². The minimum Gasteiger partial charge on any atom is -0.507 e. The number of carboxylic acids is 1. The second kappa shape index (κ2) is 5.38. The molecule has 6 nitrogen and oxygen atoms in total. The molecular weight excluding hydrogens is 328 g/mol. The predicted octanol–water partition coefficient (Wildman–Crippen LogP) is 2.44. The lowest BCUT2D eigenvalue weighted by atomic mass is 10.1. The topological polar surface area (TPSA) is 91.6 Å². The maximum absolute atomic E-state index is 12.1. The van der Waals surface area contributed by atoms with E-state index in [0.717, 1.165) is 4.47 Å². The first kappa shape index (κ1) is 14.1. The summed E-state index contributed by atoms with van der Waals surface area (Å²) >= 11 is 3.27. The highest BCUT2D eigenvalue weighted by Crippen LogP contribution is 2.22. The lowest BCUT2D eigenvalue weighted by Crippen LogP contribution is -2.15. The minimum atomic E-state index is -1.26. The monoisotopic (exact) mass is 338 g/mol. The summed E-state index contributed by atoms with van der Waals surface area (Å²) in [7, 11) is 1.72. The number of hydrogen-bond donors (Lipinski definition) is 3. The van der Waals surface area contributed by atoms with Crippen LogP contribution in [0.25, 0.3) is 0 Å². The van der Waals surface area contributed by atoms with Gasteiger partial charge in [-0.25, -0.2) is 4.79 Å². The third-order valence-corrected chi connectivity index (χ3v) is 3.12. The number of aromatic nitrogens is 1. The summed E-state index contributed by atoms with van der Waals surface area (Å²) in [6.45, 7) is 0. The molecule has 7 heteroatoms. The molecule has 2 rings (SSSR count). The third-order valence-electron chi connectivity index (χ3n) is 2.69. The van der Waals surface area contributed by atoms with Crippen molar-refractivity contribution in [2.75, 3.05) is 5.32 Å². The predicted molar refractivity (Wildman–Crippen MR) is 76.1 cm³/mol. The van der Waals surface area contributed by atoms with Crippen molar-refractivity contribution in [1.82, 2.24) is 4.57 Å². The van der Waals surface area contributed by atoms with E-state index >= 15 is 0 Å². The van der Waals surface area contributed by atoms with Crippen molar-refractivity contribution in [3.63, 3.8) is 0 Å². The van der Waals surface area contributed by atoms with Gasteiger partial charge in [-0.2, -0.15) is 0 Å². The normalized spacial score (nSPS) is 10.3. The molecule has 2 aromatic rings. The summed E-state index contributed by atoms with van der Waals surface area (Å²) in [5.74, 6) is -1.99. The largest absolute Gasteiger partial charge is 0.507 e. The molecule has 0 radical (unpaired) electrons. The molecule has 1 amide bonds. The Labute approximate surface area is 122 Å². The zero-order valence-corrected chi connectivity index (χ0v) is 12.0. The van der Waals surface area contributed by atoms with Crippen LogP contribution in [0.5, 0.6) is 5.75 Å². The van der Waals surface area contributed by atoms with E-state index in [2.05, 4.69) is 21.2 Å². The first-order chi connectivity index (χ1) is 9.38. The number of rotatable bonds is 3. The minimum absolute atomic E-state index is 0.268. The number of halogens is 1. The zero-order valence-electron chi connectivity index (χ0n) is 10.4. The van der Waals surface area contributed by atoms with Crippen LogP contribution < -0.4 is 5.32 Å². The first-order valence-electron chi connectivity index (χ1n) is 5.58. The molecule has 0 unspecified atom stereocenters. The fraction of sp³-hybridized carbons (Fsp3) is 0.0769. The van der Waals surface area contributed by atoms with Gasteiger partial charge in [0.2, 0.25) is 0 Å². The van der Waals surface area contributed by atoms with E-state index in [4.69, 9.17) is 5.11 Å². The van der Waals surface area contributed by atoms with E-state index in [-0.39, 0.29) is 17.2 Å². The molecule has 3 N–H and O–H groups in total. The molecule has 0 atom stereocenters. The van der Waals surface area contributed by atoms with Gasteiger partial charge in [-0.1, -0.05) is 0 Å². The summed E-state index contributed by atoms with van der Waals surface area (Å²) in [5.41, 5.74) is 0.445. The number of carbonyl (C=O) groups is 2. The zero-order chi connectivity index (χ0) is 14.9. The number of amides is 1. The quantitative estimate of drug-likeness (QED) is 0.749. The van der Waals surface area contributed by atoms with Crippen LogP contribution in [-0.2, 0) is 7.05 Å². The lowest BCUT2D eigenvalue weighted by Gasteiger charge is -2.07. The fourth-order valence-corrected chi connectivity index (χ4v) is 2.25. The number of benzene rings is 1. The molecule has 104 valence electrons. The maximum Gasteiger partial charge on any atom is 0.339 e. The highest BCUT2D eigenvalue weighted by atomic mass is 79.9. The van der Waals surface area contributed by atoms with Crippen LogP contribution in [0.2, 0.25) is 0 Å². The number of anilines is 1. The Balaban J connectivity index is 2.26. The van der Waals surface area contributed by atoms with Gasteiger partial charge in [-0.15, -0.1) is 0 Å². The number of nitrogens with zero attached hydrogens (tertiary/aromatic N) is 1. The summed E-state index contributed by atoms with van der Waals surface area (Å²) in [4.78, 5) is 23.0. The second-order valence-electron chi connectivity index (χ2n) is 4.15. The van der Waals surface area contributed by atoms with Gasteiger partial charge >= 0.3 is 5.97 Å². The van der Waals surface area contributed by atoms with Crippen LogP contribution >= 0.6 is 15.9 Å². The van der Waals surface area contributed by atoms with Crippen molar-refractivity contribution in [2.45, 2.75) is 0 Å². The van der Waals surface area contributed by atoms with Gasteiger partial charge in [0, 0.05) is 23.4 Å². The second-order valence-corrected chi connectivity index (χ2v) is 5.06. The molecule has 0 aliphatic heterocycles. The van der Waals surface area contributed by atoms with Gasteiger partial charge in [-0.05, 0) is 40.2 Å². The fourth-order valence-electron chi connectivity index (χ4n) is 1.73. The number of carbonyl (C=O) groups excluding carboxylic acids is 1. The van der Waals surface area contributed by atoms with Crippen LogP contribution in [0.4, 0.5) is 5.69 Å². The van der Waals surface area contributed by atoms with E-state index in [0.29, 0.717) is 11.4 Å². The third kappa shape index (κ3) is 2.83. The van der Waals surface area contributed by atoms with Crippen molar-refractivity contribution in [2.24, 2.45) is 7.05 Å². The Hall–Kier alpha value is -2.28. The van der Waals surface area contributed by atoms with Gasteiger partial charge in [-0.3, -0.25) is 4.79 Å². The molecule has 1 aromatic carbocycles. The number of aryl methyl sites for hydroxylation is 1. The van der Waals surface area contributed by atoms with Crippen molar-refractivity contribution >= 4 is 33.5 Å². The maximum atomic E-state index is 12.1. The molecule has 0 spiro atoms. The Morgan fingerprint density at radius 3 is 2.55 bits per heavy atom. The van der Waals surface area contributed by atoms with Crippen molar-refractivity contribution < 1.29 is 19.8 Å². The summed E-state index contributed by atoms with van der Waals surface area (Å²) in [6, 6.07) is 5.50. The Morgan fingerprint density at radius 1 is 1.30 bits per heavy atom. The number of nitrogens with one attached hydrogen (secondary N) is 1. The van der Waals surface area contributed by atoms with E-state index in [9.17, 15) is 14.7 Å². The van der Waals surface area contributed by atoms with Gasteiger partial charge in [0.15, 0.2) is 0 Å². The van der Waals surface area contributed by atoms with E-state index < -0.39 is 5.97 Å². The van der Waals surface area contributed by atoms with Crippen molar-refractivity contribution in [3.8, 4) is 5.75 Å². The number of aromatic carboxylic acids is 1. The molecule has 0 aliphatic carbocycles. The number of carboxylic acid groups (broad SMARTS) is 1. The molecule has 0 saturated heterocycles. The molecule has 1 heterocycles. The molecule has 0 aliphatic rings. The number of hydrogen-bond acceptors (Lipinski definition) is 3. The molecule has 0 saturated carbocycles. The van der Waals surface area contributed by atoms with Crippen LogP contribution in [0.1, 0.15) is 20.8 Å². The number of phenols is 1. The van der Waals surface area contributed by atoms with Gasteiger partial charge in [0.25, 0.3) is 5.91 Å².